The van der Waals surface area contributed by atoms with Gasteiger partial charge in [-0.3, -0.25) is 4.79 Å². The molecule has 92 valence electrons. The third-order valence-electron chi connectivity index (χ3n) is 3.19. The average Bonchev–Trinajstić information content (AvgIpc) is 2.25. The summed E-state index contributed by atoms with van der Waals surface area (Å²) < 4.78 is 23.9. The van der Waals surface area contributed by atoms with E-state index in [0.29, 0.717) is 5.56 Å². The highest BCUT2D eigenvalue weighted by Crippen LogP contribution is 2.30. The zero-order valence-electron chi connectivity index (χ0n) is 10.2. The topological polar surface area (TPSA) is 51.2 Å². The molecule has 3 nitrogen and oxygen atoms in total. The number of carbonyl (C=O) groups is 1. The molecule has 0 amide bonds. The first-order chi connectivity index (χ1) is 7.83. The van der Waals surface area contributed by atoms with Crippen LogP contribution in [0.4, 0.5) is 0 Å². The molecule has 0 saturated heterocycles. The Hall–Kier alpha value is -1.16. The Morgan fingerprint density at radius 1 is 1.29 bits per heavy atom. The molecule has 1 aliphatic heterocycles. The maximum Gasteiger partial charge on any atom is 0.179 e. The van der Waals surface area contributed by atoms with E-state index >= 15 is 0 Å². The van der Waals surface area contributed by atoms with Gasteiger partial charge in [-0.1, -0.05) is 26.8 Å². The van der Waals surface area contributed by atoms with E-state index < -0.39 is 15.8 Å². The van der Waals surface area contributed by atoms with Crippen LogP contribution in [0.3, 0.4) is 0 Å². The number of rotatable bonds is 1. The standard InChI is InChI=1S/C13H16O3S/c1-8(2)10-4-5-12-11(6-10)13(14)9(3)7-17(12,15)16/h4-6,8-9H,7H2,1-3H3. The summed E-state index contributed by atoms with van der Waals surface area (Å²) in [6.07, 6.45) is 0. The molecule has 1 heterocycles. The van der Waals surface area contributed by atoms with Crippen molar-refractivity contribution in [1.29, 1.82) is 0 Å². The molecular weight excluding hydrogens is 236 g/mol. The Kier molecular flexibility index (Phi) is 2.86. The van der Waals surface area contributed by atoms with E-state index in [1.165, 1.54) is 0 Å². The van der Waals surface area contributed by atoms with Gasteiger partial charge in [0.1, 0.15) is 0 Å². The van der Waals surface area contributed by atoms with Crippen LogP contribution in [-0.4, -0.2) is 20.0 Å². The zero-order valence-corrected chi connectivity index (χ0v) is 11.0. The average molecular weight is 252 g/mol. The van der Waals surface area contributed by atoms with E-state index in [1.54, 1.807) is 25.1 Å². The number of hydrogen-bond donors (Lipinski definition) is 0. The van der Waals surface area contributed by atoms with Gasteiger partial charge in [0.15, 0.2) is 15.6 Å². The second-order valence-corrected chi connectivity index (χ2v) is 6.96. The number of hydrogen-bond acceptors (Lipinski definition) is 3. The van der Waals surface area contributed by atoms with Crippen LogP contribution in [0.25, 0.3) is 0 Å². The lowest BCUT2D eigenvalue weighted by atomic mass is 9.95. The lowest BCUT2D eigenvalue weighted by Crippen LogP contribution is -2.29. The van der Waals surface area contributed by atoms with Crippen molar-refractivity contribution in [3.8, 4) is 0 Å². The van der Waals surface area contributed by atoms with E-state index in [-0.39, 0.29) is 22.3 Å². The molecule has 1 atom stereocenters. The molecular formula is C13H16O3S. The molecule has 1 aromatic carbocycles. The van der Waals surface area contributed by atoms with E-state index in [9.17, 15) is 13.2 Å². The number of fused-ring (bicyclic) bond motifs is 1. The summed E-state index contributed by atoms with van der Waals surface area (Å²) in [5.74, 6) is -0.278. The summed E-state index contributed by atoms with van der Waals surface area (Å²) in [7, 11) is -3.29. The van der Waals surface area contributed by atoms with E-state index in [0.717, 1.165) is 5.56 Å². The van der Waals surface area contributed by atoms with Gasteiger partial charge in [-0.05, 0) is 23.6 Å². The lowest BCUT2D eigenvalue weighted by Gasteiger charge is -2.21. The largest absolute Gasteiger partial charge is 0.294 e. The fourth-order valence-corrected chi connectivity index (χ4v) is 3.89. The molecule has 1 aliphatic rings. The van der Waals surface area contributed by atoms with Crippen molar-refractivity contribution in [2.75, 3.05) is 5.75 Å². The molecule has 1 unspecified atom stereocenters. The maximum absolute atomic E-state index is 12.0. The van der Waals surface area contributed by atoms with Crippen molar-refractivity contribution >= 4 is 15.6 Å². The predicted octanol–water partition coefficient (Wildman–Crippen LogP) is 2.42. The first-order valence-electron chi connectivity index (χ1n) is 5.74. The van der Waals surface area contributed by atoms with E-state index in [1.807, 2.05) is 13.8 Å². The molecule has 1 aromatic rings. The Labute approximate surface area is 102 Å². The second-order valence-electron chi connectivity index (χ2n) is 4.96. The van der Waals surface area contributed by atoms with Crippen molar-refractivity contribution in [1.82, 2.24) is 0 Å². The van der Waals surface area contributed by atoms with Crippen LogP contribution in [-0.2, 0) is 9.84 Å². The van der Waals surface area contributed by atoms with Crippen LogP contribution in [0.5, 0.6) is 0 Å². The minimum Gasteiger partial charge on any atom is -0.294 e. The van der Waals surface area contributed by atoms with Crippen LogP contribution in [0.1, 0.15) is 42.6 Å². The molecule has 0 bridgehead atoms. The van der Waals surface area contributed by atoms with Gasteiger partial charge < -0.3 is 0 Å². The fourth-order valence-electron chi connectivity index (χ4n) is 2.13. The van der Waals surface area contributed by atoms with Crippen LogP contribution in [0.2, 0.25) is 0 Å². The fraction of sp³-hybridized carbons (Fsp3) is 0.462. The number of sulfone groups is 1. The molecule has 0 fully saturated rings. The summed E-state index contributed by atoms with van der Waals surface area (Å²) in [6, 6.07) is 5.10. The molecule has 2 rings (SSSR count). The minimum absolute atomic E-state index is 0.0580. The lowest BCUT2D eigenvalue weighted by molar-refractivity contribution is 0.0933. The van der Waals surface area contributed by atoms with Crippen molar-refractivity contribution in [3.05, 3.63) is 29.3 Å². The molecule has 0 aromatic heterocycles. The summed E-state index contributed by atoms with van der Waals surface area (Å²) in [5, 5.41) is 0. The summed E-state index contributed by atoms with van der Waals surface area (Å²) in [5.41, 5.74) is 1.37. The van der Waals surface area contributed by atoms with Crippen LogP contribution < -0.4 is 0 Å². The highest BCUT2D eigenvalue weighted by atomic mass is 32.2. The quantitative estimate of drug-likeness (QED) is 0.771. The Balaban J connectivity index is 2.68. The second kappa shape index (κ2) is 3.95. The van der Waals surface area contributed by atoms with Gasteiger partial charge in [0.2, 0.25) is 0 Å². The van der Waals surface area contributed by atoms with Crippen molar-refractivity contribution < 1.29 is 13.2 Å². The third kappa shape index (κ3) is 2.02. The van der Waals surface area contributed by atoms with Crippen LogP contribution >= 0.6 is 0 Å². The van der Waals surface area contributed by atoms with Gasteiger partial charge in [-0.15, -0.1) is 0 Å². The highest BCUT2D eigenvalue weighted by molar-refractivity contribution is 7.91. The minimum atomic E-state index is -3.29. The van der Waals surface area contributed by atoms with Gasteiger partial charge in [-0.25, -0.2) is 8.42 Å². The van der Waals surface area contributed by atoms with Gasteiger partial charge in [-0.2, -0.15) is 0 Å². The zero-order chi connectivity index (χ0) is 12.8. The van der Waals surface area contributed by atoms with Crippen molar-refractivity contribution in [2.45, 2.75) is 31.6 Å². The number of benzene rings is 1. The number of ketones is 1. The SMILES string of the molecule is CC1CS(=O)(=O)c2ccc(C(C)C)cc2C1=O. The van der Waals surface area contributed by atoms with Crippen LogP contribution in [0.15, 0.2) is 23.1 Å². The Morgan fingerprint density at radius 2 is 1.94 bits per heavy atom. The summed E-state index contributed by atoms with van der Waals surface area (Å²) in [4.78, 5) is 12.2. The Morgan fingerprint density at radius 3 is 2.53 bits per heavy atom. The van der Waals surface area contributed by atoms with Crippen molar-refractivity contribution in [3.63, 3.8) is 0 Å². The molecule has 0 aliphatic carbocycles. The monoisotopic (exact) mass is 252 g/mol. The third-order valence-corrected chi connectivity index (χ3v) is 5.15. The maximum atomic E-state index is 12.0. The van der Waals surface area contributed by atoms with E-state index in [4.69, 9.17) is 0 Å². The van der Waals surface area contributed by atoms with Gasteiger partial charge in [0.25, 0.3) is 0 Å². The molecule has 0 spiro atoms. The first kappa shape index (κ1) is 12.3. The number of carbonyl (C=O) groups excluding carboxylic acids is 1. The Bertz CT molecular complexity index is 570. The van der Waals surface area contributed by atoms with Gasteiger partial charge in [0, 0.05) is 11.5 Å². The van der Waals surface area contributed by atoms with Crippen LogP contribution in [0, 0.1) is 5.92 Å². The molecule has 0 saturated carbocycles. The smallest absolute Gasteiger partial charge is 0.179 e. The van der Waals surface area contributed by atoms with Gasteiger partial charge >= 0.3 is 0 Å². The van der Waals surface area contributed by atoms with E-state index in [2.05, 4.69) is 0 Å². The van der Waals surface area contributed by atoms with Crippen molar-refractivity contribution in [2.24, 2.45) is 5.92 Å². The highest BCUT2D eigenvalue weighted by Gasteiger charge is 2.34. The molecule has 17 heavy (non-hydrogen) atoms. The molecule has 0 N–H and O–H groups in total. The van der Waals surface area contributed by atoms with Gasteiger partial charge in [0.05, 0.1) is 10.6 Å². The summed E-state index contributed by atoms with van der Waals surface area (Å²) >= 11 is 0. The first-order valence-corrected chi connectivity index (χ1v) is 7.39. The molecule has 0 radical (unpaired) electrons. The predicted molar refractivity (Wildman–Crippen MR) is 66.1 cm³/mol. The normalized spacial score (nSPS) is 22.6. The summed E-state index contributed by atoms with van der Waals surface area (Å²) in [6.45, 7) is 5.71. The molecule has 4 heteroatoms. The number of Topliss-reactive ketones (excluding diaryl/α,β-unsaturated/α-hetero) is 1.